The minimum atomic E-state index is 0.131. The zero-order chi connectivity index (χ0) is 21.5. The van der Waals surface area contributed by atoms with Gasteiger partial charge in [-0.1, -0.05) is 30.3 Å². The van der Waals surface area contributed by atoms with Gasteiger partial charge >= 0.3 is 0 Å². The number of anilines is 1. The number of benzene rings is 1. The average molecular weight is 416 g/mol. The van der Waals surface area contributed by atoms with Crippen LogP contribution in [-0.2, 0) is 11.3 Å². The standard InChI is InChI=1S/C22H24N8O/c23-17-19-9-4-11-24-22(19)29-13-6-12-28(15-16-29)20(31)10-5-14-30-26-21(25-27-30)18-7-2-1-3-8-18/h1-4,7-9,11H,5-6,10,12-16H2. The highest BCUT2D eigenvalue weighted by atomic mass is 16.2. The number of hydrogen-bond acceptors (Lipinski definition) is 7. The van der Waals surface area contributed by atoms with Crippen molar-refractivity contribution in [2.45, 2.75) is 25.8 Å². The second-order valence-electron chi connectivity index (χ2n) is 7.39. The number of aromatic nitrogens is 5. The molecule has 1 fully saturated rings. The highest BCUT2D eigenvalue weighted by molar-refractivity contribution is 5.76. The first kappa shape index (κ1) is 20.5. The Hall–Kier alpha value is -3.80. The summed E-state index contributed by atoms with van der Waals surface area (Å²) in [5.41, 5.74) is 1.49. The van der Waals surface area contributed by atoms with Gasteiger partial charge in [0.25, 0.3) is 0 Å². The number of carbonyl (C=O) groups is 1. The van der Waals surface area contributed by atoms with E-state index in [1.54, 1.807) is 23.1 Å². The normalized spacial score (nSPS) is 14.2. The van der Waals surface area contributed by atoms with Crippen molar-refractivity contribution in [2.75, 3.05) is 31.1 Å². The molecule has 1 aromatic carbocycles. The highest BCUT2D eigenvalue weighted by Gasteiger charge is 2.21. The van der Waals surface area contributed by atoms with E-state index in [9.17, 15) is 10.1 Å². The summed E-state index contributed by atoms with van der Waals surface area (Å²) in [4.78, 5) is 22.6. The van der Waals surface area contributed by atoms with Gasteiger partial charge in [-0.3, -0.25) is 4.79 Å². The lowest BCUT2D eigenvalue weighted by Crippen LogP contribution is -2.35. The predicted octanol–water partition coefficient (Wildman–Crippen LogP) is 2.13. The molecule has 158 valence electrons. The van der Waals surface area contributed by atoms with E-state index in [0.29, 0.717) is 56.2 Å². The van der Waals surface area contributed by atoms with Crippen LogP contribution in [0.1, 0.15) is 24.8 Å². The van der Waals surface area contributed by atoms with Gasteiger partial charge in [-0.2, -0.15) is 10.1 Å². The third-order valence-corrected chi connectivity index (χ3v) is 5.29. The molecule has 1 aliphatic heterocycles. The number of nitrogens with zero attached hydrogens (tertiary/aromatic N) is 8. The van der Waals surface area contributed by atoms with E-state index >= 15 is 0 Å². The molecular weight excluding hydrogens is 392 g/mol. The number of amides is 1. The van der Waals surface area contributed by atoms with Crippen molar-refractivity contribution >= 4 is 11.7 Å². The van der Waals surface area contributed by atoms with Gasteiger partial charge in [0.15, 0.2) is 0 Å². The number of aryl methyl sites for hydroxylation is 1. The third kappa shape index (κ3) is 5.04. The molecule has 1 amide bonds. The number of rotatable bonds is 6. The summed E-state index contributed by atoms with van der Waals surface area (Å²) >= 11 is 0. The predicted molar refractivity (Wildman–Crippen MR) is 115 cm³/mol. The molecule has 4 rings (SSSR count). The molecule has 1 saturated heterocycles. The third-order valence-electron chi connectivity index (χ3n) is 5.29. The van der Waals surface area contributed by atoms with Gasteiger partial charge in [0, 0.05) is 44.4 Å². The molecule has 2 aromatic heterocycles. The number of carbonyl (C=O) groups excluding carboxylic acids is 1. The lowest BCUT2D eigenvalue weighted by Gasteiger charge is -2.23. The van der Waals surface area contributed by atoms with Crippen molar-refractivity contribution in [1.82, 2.24) is 30.1 Å². The van der Waals surface area contributed by atoms with Crippen molar-refractivity contribution in [1.29, 1.82) is 5.26 Å². The van der Waals surface area contributed by atoms with Gasteiger partial charge in [0.2, 0.25) is 11.7 Å². The van der Waals surface area contributed by atoms with E-state index in [0.717, 1.165) is 18.5 Å². The summed E-state index contributed by atoms with van der Waals surface area (Å²) in [5, 5.41) is 21.9. The van der Waals surface area contributed by atoms with Gasteiger partial charge in [-0.05, 0) is 30.2 Å². The molecule has 0 bridgehead atoms. The maximum atomic E-state index is 12.7. The van der Waals surface area contributed by atoms with E-state index in [1.807, 2.05) is 35.2 Å². The van der Waals surface area contributed by atoms with Crippen LogP contribution >= 0.6 is 0 Å². The summed E-state index contributed by atoms with van der Waals surface area (Å²) < 4.78 is 0. The molecular formula is C22H24N8O. The number of tetrazole rings is 1. The Labute approximate surface area is 180 Å². The monoisotopic (exact) mass is 416 g/mol. The molecule has 0 aliphatic carbocycles. The Morgan fingerprint density at radius 1 is 1.06 bits per heavy atom. The number of pyridine rings is 1. The van der Waals surface area contributed by atoms with Crippen molar-refractivity contribution in [3.05, 3.63) is 54.2 Å². The van der Waals surface area contributed by atoms with Gasteiger partial charge < -0.3 is 9.80 Å². The molecule has 9 nitrogen and oxygen atoms in total. The lowest BCUT2D eigenvalue weighted by molar-refractivity contribution is -0.131. The summed E-state index contributed by atoms with van der Waals surface area (Å²) in [6.07, 6.45) is 3.64. The molecule has 3 heterocycles. The zero-order valence-corrected chi connectivity index (χ0v) is 17.3. The summed E-state index contributed by atoms with van der Waals surface area (Å²) in [6, 6.07) is 15.4. The van der Waals surface area contributed by atoms with E-state index in [-0.39, 0.29) is 5.91 Å². The van der Waals surface area contributed by atoms with Gasteiger partial charge in [0.05, 0.1) is 12.1 Å². The molecule has 31 heavy (non-hydrogen) atoms. The van der Waals surface area contributed by atoms with Gasteiger partial charge in [-0.15, -0.1) is 10.2 Å². The van der Waals surface area contributed by atoms with E-state index in [4.69, 9.17) is 0 Å². The van der Waals surface area contributed by atoms with Crippen molar-refractivity contribution in [3.63, 3.8) is 0 Å². The average Bonchev–Trinajstić information content (AvgIpc) is 3.15. The van der Waals surface area contributed by atoms with E-state index in [1.165, 1.54) is 0 Å². The quantitative estimate of drug-likeness (QED) is 0.606. The van der Waals surface area contributed by atoms with Gasteiger partial charge in [0.1, 0.15) is 11.9 Å². The fourth-order valence-corrected chi connectivity index (χ4v) is 3.69. The fourth-order valence-electron chi connectivity index (χ4n) is 3.69. The van der Waals surface area contributed by atoms with Crippen molar-refractivity contribution in [2.24, 2.45) is 0 Å². The first-order valence-corrected chi connectivity index (χ1v) is 10.5. The Bertz CT molecular complexity index is 1060. The SMILES string of the molecule is N#Cc1cccnc1N1CCCN(C(=O)CCCn2nnc(-c3ccccc3)n2)CC1. The Balaban J connectivity index is 1.27. The molecule has 0 saturated carbocycles. The molecule has 0 N–H and O–H groups in total. The minimum Gasteiger partial charge on any atom is -0.354 e. The number of nitriles is 1. The van der Waals surface area contributed by atoms with Crippen LogP contribution in [0.2, 0.25) is 0 Å². The molecule has 1 aliphatic rings. The molecule has 0 unspecified atom stereocenters. The topological polar surface area (TPSA) is 104 Å². The summed E-state index contributed by atoms with van der Waals surface area (Å²) in [6.45, 7) is 3.33. The molecule has 0 radical (unpaired) electrons. The van der Waals surface area contributed by atoms with Crippen LogP contribution in [0.3, 0.4) is 0 Å². The molecule has 0 spiro atoms. The van der Waals surface area contributed by atoms with Crippen LogP contribution in [0.25, 0.3) is 11.4 Å². The van der Waals surface area contributed by atoms with Crippen LogP contribution in [0, 0.1) is 11.3 Å². The highest BCUT2D eigenvalue weighted by Crippen LogP contribution is 2.18. The lowest BCUT2D eigenvalue weighted by atomic mass is 10.2. The maximum Gasteiger partial charge on any atom is 0.222 e. The second-order valence-corrected chi connectivity index (χ2v) is 7.39. The Morgan fingerprint density at radius 2 is 1.94 bits per heavy atom. The van der Waals surface area contributed by atoms with Crippen LogP contribution in [0.15, 0.2) is 48.7 Å². The van der Waals surface area contributed by atoms with Crippen molar-refractivity contribution in [3.8, 4) is 17.5 Å². The van der Waals surface area contributed by atoms with Crippen molar-refractivity contribution < 1.29 is 4.79 Å². The Kier molecular flexibility index (Phi) is 6.47. The van der Waals surface area contributed by atoms with Crippen LogP contribution < -0.4 is 4.90 Å². The fraction of sp³-hybridized carbons (Fsp3) is 0.364. The first-order valence-electron chi connectivity index (χ1n) is 10.5. The van der Waals surface area contributed by atoms with Crippen LogP contribution in [0.5, 0.6) is 0 Å². The van der Waals surface area contributed by atoms with Crippen LogP contribution in [0.4, 0.5) is 5.82 Å². The minimum absolute atomic E-state index is 0.131. The maximum absolute atomic E-state index is 12.7. The van der Waals surface area contributed by atoms with E-state index in [2.05, 4.69) is 31.4 Å². The van der Waals surface area contributed by atoms with E-state index < -0.39 is 0 Å². The molecule has 3 aromatic rings. The largest absolute Gasteiger partial charge is 0.354 e. The zero-order valence-electron chi connectivity index (χ0n) is 17.3. The smallest absolute Gasteiger partial charge is 0.222 e. The van der Waals surface area contributed by atoms with Gasteiger partial charge in [-0.25, -0.2) is 4.98 Å². The number of hydrogen-bond donors (Lipinski definition) is 0. The van der Waals surface area contributed by atoms with Crippen LogP contribution in [-0.4, -0.2) is 62.2 Å². The summed E-state index contributed by atoms with van der Waals surface area (Å²) in [5.74, 6) is 1.42. The second kappa shape index (κ2) is 9.80. The Morgan fingerprint density at radius 3 is 2.77 bits per heavy atom. The first-order chi connectivity index (χ1) is 15.2. The summed E-state index contributed by atoms with van der Waals surface area (Å²) in [7, 11) is 0. The molecule has 9 heteroatoms. The molecule has 0 atom stereocenters.